The highest BCUT2D eigenvalue weighted by Gasteiger charge is 2.16. The van der Waals surface area contributed by atoms with Gasteiger partial charge in [-0.05, 0) is 13.5 Å². The summed E-state index contributed by atoms with van der Waals surface area (Å²) in [5.74, 6) is 0.110. The molecule has 2 N–H and O–H groups in total. The van der Waals surface area contributed by atoms with Gasteiger partial charge >= 0.3 is 0 Å². The first kappa shape index (κ1) is 15.4. The molecule has 4 nitrogen and oxygen atoms in total. The summed E-state index contributed by atoms with van der Waals surface area (Å²) < 4.78 is 5.11. The Hall–Kier alpha value is -0.610. The quantitative estimate of drug-likeness (QED) is 0.625. The van der Waals surface area contributed by atoms with E-state index in [2.05, 4.69) is 17.6 Å². The van der Waals surface area contributed by atoms with Gasteiger partial charge in [0.05, 0.1) is 12.6 Å². The fourth-order valence-corrected chi connectivity index (χ4v) is 1.59. The maximum atomic E-state index is 11.8. The highest BCUT2D eigenvalue weighted by atomic mass is 16.5. The van der Waals surface area contributed by atoms with Crippen LogP contribution < -0.4 is 10.6 Å². The van der Waals surface area contributed by atoms with E-state index in [9.17, 15) is 4.79 Å². The zero-order valence-electron chi connectivity index (χ0n) is 11.0. The fraction of sp³-hybridized carbons (Fsp3) is 0.917. The van der Waals surface area contributed by atoms with Crippen molar-refractivity contribution in [3.63, 3.8) is 0 Å². The molecule has 0 aromatic carbocycles. The second kappa shape index (κ2) is 9.60. The first-order valence-corrected chi connectivity index (χ1v) is 6.09. The number of hydrogen-bond donors (Lipinski definition) is 2. The summed E-state index contributed by atoms with van der Waals surface area (Å²) in [6.07, 6.45) is 3.25. The number of nitrogens with one attached hydrogen (secondary N) is 2. The number of carbonyl (C=O) groups is 1. The van der Waals surface area contributed by atoms with Gasteiger partial charge in [0.1, 0.15) is 0 Å². The first-order valence-electron chi connectivity index (χ1n) is 6.09. The molecule has 1 amide bonds. The van der Waals surface area contributed by atoms with Gasteiger partial charge in [0.25, 0.3) is 0 Å². The maximum Gasteiger partial charge on any atom is 0.224 e. The van der Waals surface area contributed by atoms with E-state index >= 15 is 0 Å². The van der Waals surface area contributed by atoms with Crippen molar-refractivity contribution < 1.29 is 9.53 Å². The maximum absolute atomic E-state index is 11.8. The van der Waals surface area contributed by atoms with Crippen LogP contribution in [-0.2, 0) is 9.53 Å². The first-order chi connectivity index (χ1) is 7.65. The number of methoxy groups -OCH3 is 1. The van der Waals surface area contributed by atoms with Crippen LogP contribution in [0.1, 0.15) is 33.1 Å². The summed E-state index contributed by atoms with van der Waals surface area (Å²) in [5.41, 5.74) is 0. The summed E-state index contributed by atoms with van der Waals surface area (Å²) in [4.78, 5) is 11.8. The van der Waals surface area contributed by atoms with Crippen LogP contribution in [0.5, 0.6) is 0 Å². The van der Waals surface area contributed by atoms with Gasteiger partial charge in [-0.3, -0.25) is 4.79 Å². The van der Waals surface area contributed by atoms with E-state index in [1.54, 1.807) is 7.11 Å². The van der Waals surface area contributed by atoms with E-state index in [0.29, 0.717) is 13.2 Å². The lowest BCUT2D eigenvalue weighted by Gasteiger charge is -2.20. The minimum Gasteiger partial charge on any atom is -0.383 e. The fourth-order valence-electron chi connectivity index (χ4n) is 1.59. The molecule has 0 aliphatic rings. The van der Waals surface area contributed by atoms with Crippen LogP contribution in [0.15, 0.2) is 0 Å². The molecular weight excluding hydrogens is 204 g/mol. The molecule has 0 spiro atoms. The average Bonchev–Trinajstić information content (AvgIpc) is 2.26. The van der Waals surface area contributed by atoms with E-state index < -0.39 is 0 Å². The Labute approximate surface area is 99.1 Å². The summed E-state index contributed by atoms with van der Waals surface area (Å²) in [6, 6.07) is 0.150. The molecule has 0 aliphatic heterocycles. The molecule has 96 valence electrons. The molecule has 0 aromatic rings. The van der Waals surface area contributed by atoms with Gasteiger partial charge in [0.15, 0.2) is 0 Å². The molecule has 0 aliphatic carbocycles. The molecular formula is C12H26N2O2. The number of rotatable bonds is 9. The van der Waals surface area contributed by atoms with Crippen molar-refractivity contribution in [2.75, 3.05) is 27.3 Å². The van der Waals surface area contributed by atoms with Crippen LogP contribution >= 0.6 is 0 Å². The Morgan fingerprint density at radius 3 is 2.62 bits per heavy atom. The van der Waals surface area contributed by atoms with Crippen LogP contribution in [0.2, 0.25) is 0 Å². The molecule has 0 heterocycles. The Balaban J connectivity index is 4.00. The third kappa shape index (κ3) is 6.80. The second-order valence-electron chi connectivity index (χ2n) is 4.26. The van der Waals surface area contributed by atoms with Crippen molar-refractivity contribution in [1.82, 2.24) is 10.6 Å². The summed E-state index contributed by atoms with van der Waals surface area (Å²) in [6.45, 7) is 5.38. The molecule has 0 rings (SSSR count). The lowest BCUT2D eigenvalue weighted by Crippen LogP contribution is -2.42. The zero-order valence-corrected chi connectivity index (χ0v) is 11.0. The van der Waals surface area contributed by atoms with E-state index in [1.165, 1.54) is 0 Å². The van der Waals surface area contributed by atoms with Crippen molar-refractivity contribution in [2.24, 2.45) is 5.92 Å². The largest absolute Gasteiger partial charge is 0.383 e. The third-order valence-electron chi connectivity index (χ3n) is 2.58. The average molecular weight is 230 g/mol. The van der Waals surface area contributed by atoms with Crippen molar-refractivity contribution in [3.05, 3.63) is 0 Å². The molecule has 16 heavy (non-hydrogen) atoms. The van der Waals surface area contributed by atoms with Crippen LogP contribution in [0, 0.1) is 5.92 Å². The molecule has 2 atom stereocenters. The number of unbranched alkanes of at least 4 members (excludes halogenated alkanes) is 1. The minimum absolute atomic E-state index is 0.00554. The monoisotopic (exact) mass is 230 g/mol. The van der Waals surface area contributed by atoms with Gasteiger partial charge < -0.3 is 15.4 Å². The summed E-state index contributed by atoms with van der Waals surface area (Å²) in [5, 5.41) is 6.04. The van der Waals surface area contributed by atoms with Gasteiger partial charge in [-0.2, -0.15) is 0 Å². The summed E-state index contributed by atoms with van der Waals surface area (Å²) in [7, 11) is 3.52. The smallest absolute Gasteiger partial charge is 0.224 e. The molecule has 0 saturated carbocycles. The molecule has 4 heteroatoms. The van der Waals surface area contributed by atoms with E-state index in [1.807, 2.05) is 14.0 Å². The Morgan fingerprint density at radius 1 is 1.44 bits per heavy atom. The lowest BCUT2D eigenvalue weighted by atomic mass is 10.1. The predicted octanol–water partition coefficient (Wildman–Crippen LogP) is 1.16. The molecule has 0 radical (unpaired) electrons. The predicted molar refractivity (Wildman–Crippen MR) is 66.4 cm³/mol. The van der Waals surface area contributed by atoms with E-state index in [0.717, 1.165) is 19.3 Å². The molecule has 0 bridgehead atoms. The number of carbonyl (C=O) groups excluding carboxylic acids is 1. The van der Waals surface area contributed by atoms with Crippen LogP contribution in [0.4, 0.5) is 0 Å². The van der Waals surface area contributed by atoms with Gasteiger partial charge in [-0.1, -0.05) is 26.7 Å². The van der Waals surface area contributed by atoms with Crippen molar-refractivity contribution in [2.45, 2.75) is 39.2 Å². The number of ether oxygens (including phenoxy) is 1. The highest BCUT2D eigenvalue weighted by Crippen LogP contribution is 2.03. The minimum atomic E-state index is 0.00554. The number of hydrogen-bond acceptors (Lipinski definition) is 3. The zero-order chi connectivity index (χ0) is 12.4. The SMILES string of the molecule is CCCCC(COC)NC(=O)C(C)CNC. The van der Waals surface area contributed by atoms with Crippen LogP contribution in [-0.4, -0.2) is 39.3 Å². The van der Waals surface area contributed by atoms with Gasteiger partial charge in [-0.15, -0.1) is 0 Å². The van der Waals surface area contributed by atoms with Crippen LogP contribution in [0.25, 0.3) is 0 Å². The number of amides is 1. The second-order valence-corrected chi connectivity index (χ2v) is 4.26. The van der Waals surface area contributed by atoms with Gasteiger partial charge in [0, 0.05) is 19.6 Å². The highest BCUT2D eigenvalue weighted by molar-refractivity contribution is 5.78. The summed E-state index contributed by atoms with van der Waals surface area (Å²) >= 11 is 0. The molecule has 0 saturated heterocycles. The molecule has 0 aromatic heterocycles. The standard InChI is InChI=1S/C12H26N2O2/c1-5-6-7-11(9-16-4)14-12(15)10(2)8-13-3/h10-11,13H,5-9H2,1-4H3,(H,14,15). The van der Waals surface area contributed by atoms with E-state index in [4.69, 9.17) is 4.74 Å². The Morgan fingerprint density at radius 2 is 2.12 bits per heavy atom. The Bertz CT molecular complexity index is 186. The molecule has 0 fully saturated rings. The topological polar surface area (TPSA) is 50.4 Å². The van der Waals surface area contributed by atoms with Crippen molar-refractivity contribution in [1.29, 1.82) is 0 Å². The van der Waals surface area contributed by atoms with Crippen molar-refractivity contribution in [3.8, 4) is 0 Å². The van der Waals surface area contributed by atoms with Crippen LogP contribution in [0.3, 0.4) is 0 Å². The normalized spacial score (nSPS) is 14.5. The Kier molecular flexibility index (Phi) is 9.24. The van der Waals surface area contributed by atoms with Crippen molar-refractivity contribution >= 4 is 5.91 Å². The third-order valence-corrected chi connectivity index (χ3v) is 2.58. The lowest BCUT2D eigenvalue weighted by molar-refractivity contribution is -0.125. The van der Waals surface area contributed by atoms with Gasteiger partial charge in [0.2, 0.25) is 5.91 Å². The van der Waals surface area contributed by atoms with E-state index in [-0.39, 0.29) is 17.9 Å². The molecule has 2 unspecified atom stereocenters. The van der Waals surface area contributed by atoms with Gasteiger partial charge in [-0.25, -0.2) is 0 Å².